The van der Waals surface area contributed by atoms with Crippen LogP contribution in [0.4, 0.5) is 5.69 Å². The largest absolute Gasteiger partial charge is 0.507 e. The Kier molecular flexibility index (Phi) is 5.91. The summed E-state index contributed by atoms with van der Waals surface area (Å²) in [6, 6.07) is 20.4. The molecule has 33 heavy (non-hydrogen) atoms. The van der Waals surface area contributed by atoms with Crippen molar-refractivity contribution in [2.75, 3.05) is 7.11 Å². The van der Waals surface area contributed by atoms with Crippen molar-refractivity contribution in [3.05, 3.63) is 111 Å². The number of aliphatic hydroxyl groups is 1. The molecular formula is C25H20N2O6. The molecule has 1 amide bonds. The molecule has 0 radical (unpaired) electrons. The van der Waals surface area contributed by atoms with Gasteiger partial charge in [-0.2, -0.15) is 0 Å². The fourth-order valence-electron chi connectivity index (χ4n) is 3.85. The smallest absolute Gasteiger partial charge is 0.295 e. The molecule has 0 aliphatic carbocycles. The summed E-state index contributed by atoms with van der Waals surface area (Å²) < 4.78 is 5.21. The van der Waals surface area contributed by atoms with E-state index < -0.39 is 22.7 Å². The maximum atomic E-state index is 13.1. The number of hydrogen-bond donors (Lipinski definition) is 1. The van der Waals surface area contributed by atoms with Crippen LogP contribution in [0.1, 0.15) is 22.7 Å². The van der Waals surface area contributed by atoms with Gasteiger partial charge in [-0.25, -0.2) is 0 Å². The average Bonchev–Trinajstić information content (AvgIpc) is 3.09. The summed E-state index contributed by atoms with van der Waals surface area (Å²) in [5.74, 6) is -1.33. The number of likely N-dealkylation sites (tertiary alicyclic amines) is 1. The Morgan fingerprint density at radius 1 is 1.00 bits per heavy atom. The first-order valence-electron chi connectivity index (χ1n) is 10.1. The van der Waals surface area contributed by atoms with Crippen molar-refractivity contribution in [3.63, 3.8) is 0 Å². The SMILES string of the molecule is COc1ccc([C@@H]2C(=C(O)c3ccc([N+](=O)[O-])cc3)C(=O)C(=O)N2Cc2ccccc2)cc1. The van der Waals surface area contributed by atoms with Crippen LogP contribution in [-0.2, 0) is 16.1 Å². The molecule has 8 heteroatoms. The Bertz CT molecular complexity index is 1230. The topological polar surface area (TPSA) is 110 Å². The van der Waals surface area contributed by atoms with E-state index in [2.05, 4.69) is 0 Å². The second-order valence-corrected chi connectivity index (χ2v) is 7.49. The summed E-state index contributed by atoms with van der Waals surface area (Å²) in [5, 5.41) is 22.0. The molecule has 1 saturated heterocycles. The number of aliphatic hydroxyl groups excluding tert-OH is 1. The molecule has 0 aromatic heterocycles. The maximum absolute atomic E-state index is 13.1. The van der Waals surface area contributed by atoms with Gasteiger partial charge >= 0.3 is 0 Å². The summed E-state index contributed by atoms with van der Waals surface area (Å²) in [4.78, 5) is 37.9. The number of nitro groups is 1. The summed E-state index contributed by atoms with van der Waals surface area (Å²) in [6.45, 7) is 0.166. The predicted octanol–water partition coefficient (Wildman–Crippen LogP) is 4.23. The van der Waals surface area contributed by atoms with E-state index >= 15 is 0 Å². The number of benzene rings is 3. The second kappa shape index (κ2) is 8.96. The van der Waals surface area contributed by atoms with Crippen LogP contribution < -0.4 is 4.74 Å². The molecule has 1 aliphatic rings. The van der Waals surface area contributed by atoms with Crippen molar-refractivity contribution >= 4 is 23.1 Å². The highest BCUT2D eigenvalue weighted by Crippen LogP contribution is 2.40. The maximum Gasteiger partial charge on any atom is 0.295 e. The first-order chi connectivity index (χ1) is 15.9. The molecule has 3 aromatic rings. The van der Waals surface area contributed by atoms with Gasteiger partial charge in [0.25, 0.3) is 17.4 Å². The number of carbonyl (C=O) groups excluding carboxylic acids is 2. The first-order valence-corrected chi connectivity index (χ1v) is 10.1. The van der Waals surface area contributed by atoms with Gasteiger partial charge in [0, 0.05) is 24.2 Å². The number of nitrogens with zero attached hydrogens (tertiary/aromatic N) is 2. The number of methoxy groups -OCH3 is 1. The predicted molar refractivity (Wildman–Crippen MR) is 120 cm³/mol. The fourth-order valence-corrected chi connectivity index (χ4v) is 3.85. The van der Waals surface area contributed by atoms with Gasteiger partial charge in [-0.3, -0.25) is 19.7 Å². The van der Waals surface area contributed by atoms with Crippen molar-refractivity contribution in [2.24, 2.45) is 0 Å². The lowest BCUT2D eigenvalue weighted by molar-refractivity contribution is -0.384. The molecule has 1 fully saturated rings. The number of hydrogen-bond acceptors (Lipinski definition) is 6. The third-order valence-corrected chi connectivity index (χ3v) is 5.52. The van der Waals surface area contributed by atoms with E-state index in [-0.39, 0.29) is 29.1 Å². The zero-order valence-corrected chi connectivity index (χ0v) is 17.7. The number of amides is 1. The standard InChI is InChI=1S/C25H20N2O6/c1-33-20-13-9-17(10-14-20)22-21(23(28)18-7-11-19(12-8-18)27(31)32)24(29)25(30)26(22)15-16-5-3-2-4-6-16/h2-14,22,28H,15H2,1H3/t22-/m1/s1. The first kappa shape index (κ1) is 21.8. The third-order valence-electron chi connectivity index (χ3n) is 5.52. The van der Waals surface area contributed by atoms with Crippen molar-refractivity contribution in [1.29, 1.82) is 0 Å². The lowest BCUT2D eigenvalue weighted by Crippen LogP contribution is -2.29. The lowest BCUT2D eigenvalue weighted by Gasteiger charge is -2.25. The Hall–Kier alpha value is -4.46. The molecule has 4 rings (SSSR count). The van der Waals surface area contributed by atoms with Crippen LogP contribution in [0.3, 0.4) is 0 Å². The molecule has 0 spiro atoms. The quantitative estimate of drug-likeness (QED) is 0.200. The van der Waals surface area contributed by atoms with Gasteiger partial charge in [0.1, 0.15) is 11.5 Å². The van der Waals surface area contributed by atoms with Crippen LogP contribution in [0.15, 0.2) is 84.4 Å². The molecule has 166 valence electrons. The molecule has 0 unspecified atom stereocenters. The molecule has 1 heterocycles. The third kappa shape index (κ3) is 4.18. The number of carbonyl (C=O) groups is 2. The summed E-state index contributed by atoms with van der Waals surface area (Å²) in [5.41, 5.74) is 1.43. The lowest BCUT2D eigenvalue weighted by atomic mass is 9.95. The number of rotatable bonds is 6. The molecule has 1 atom stereocenters. The molecule has 1 aliphatic heterocycles. The average molecular weight is 444 g/mol. The van der Waals surface area contributed by atoms with Gasteiger partial charge in [0.15, 0.2) is 0 Å². The van der Waals surface area contributed by atoms with Crippen LogP contribution >= 0.6 is 0 Å². The Labute approximate surface area is 189 Å². The minimum atomic E-state index is -0.841. The fraction of sp³-hybridized carbons (Fsp3) is 0.120. The Balaban J connectivity index is 1.83. The second-order valence-electron chi connectivity index (χ2n) is 7.49. The highest BCUT2D eigenvalue weighted by molar-refractivity contribution is 6.46. The van der Waals surface area contributed by atoms with Gasteiger partial charge in [0.2, 0.25) is 0 Å². The minimum Gasteiger partial charge on any atom is -0.507 e. The van der Waals surface area contributed by atoms with Crippen molar-refractivity contribution in [2.45, 2.75) is 12.6 Å². The van der Waals surface area contributed by atoms with E-state index in [0.717, 1.165) is 5.56 Å². The van der Waals surface area contributed by atoms with E-state index in [9.17, 15) is 24.8 Å². The van der Waals surface area contributed by atoms with E-state index in [1.54, 1.807) is 24.3 Å². The van der Waals surface area contributed by atoms with Crippen LogP contribution in [0.25, 0.3) is 5.76 Å². The zero-order valence-electron chi connectivity index (χ0n) is 17.7. The van der Waals surface area contributed by atoms with E-state index in [4.69, 9.17) is 4.74 Å². The highest BCUT2D eigenvalue weighted by Gasteiger charge is 2.46. The molecule has 0 bridgehead atoms. The highest BCUT2D eigenvalue weighted by atomic mass is 16.6. The summed E-state index contributed by atoms with van der Waals surface area (Å²) in [7, 11) is 1.53. The number of nitro benzene ring substituents is 1. The summed E-state index contributed by atoms with van der Waals surface area (Å²) >= 11 is 0. The number of ketones is 1. The van der Waals surface area contributed by atoms with Gasteiger partial charge in [-0.1, -0.05) is 42.5 Å². The Morgan fingerprint density at radius 3 is 2.21 bits per heavy atom. The van der Waals surface area contributed by atoms with E-state index in [0.29, 0.717) is 11.3 Å². The number of Topliss-reactive ketones (excluding diaryl/α,β-unsaturated/α-hetero) is 1. The van der Waals surface area contributed by atoms with Crippen LogP contribution in [0, 0.1) is 10.1 Å². The normalized spacial score (nSPS) is 17.2. The molecule has 1 N–H and O–H groups in total. The molecule has 3 aromatic carbocycles. The Morgan fingerprint density at radius 2 is 1.64 bits per heavy atom. The monoisotopic (exact) mass is 444 g/mol. The van der Waals surface area contributed by atoms with Gasteiger partial charge < -0.3 is 14.7 Å². The van der Waals surface area contributed by atoms with Crippen LogP contribution in [0.5, 0.6) is 5.75 Å². The van der Waals surface area contributed by atoms with Gasteiger partial charge in [0.05, 0.1) is 23.6 Å². The summed E-state index contributed by atoms with van der Waals surface area (Å²) in [6.07, 6.45) is 0. The minimum absolute atomic E-state index is 0.0741. The molecular weight excluding hydrogens is 424 g/mol. The van der Waals surface area contributed by atoms with Gasteiger partial charge in [-0.15, -0.1) is 0 Å². The van der Waals surface area contributed by atoms with Crippen molar-refractivity contribution in [3.8, 4) is 5.75 Å². The van der Waals surface area contributed by atoms with Gasteiger partial charge in [-0.05, 0) is 35.4 Å². The molecule has 0 saturated carbocycles. The van der Waals surface area contributed by atoms with E-state index in [1.165, 1.54) is 36.3 Å². The van der Waals surface area contributed by atoms with Crippen molar-refractivity contribution < 1.29 is 24.4 Å². The zero-order chi connectivity index (χ0) is 23.5. The van der Waals surface area contributed by atoms with Crippen LogP contribution in [0.2, 0.25) is 0 Å². The molecule has 8 nitrogen and oxygen atoms in total. The van der Waals surface area contributed by atoms with Crippen LogP contribution in [-0.4, -0.2) is 33.7 Å². The van der Waals surface area contributed by atoms with E-state index in [1.807, 2.05) is 30.3 Å². The van der Waals surface area contributed by atoms with Crippen molar-refractivity contribution in [1.82, 2.24) is 4.90 Å². The number of ether oxygens (including phenoxy) is 1. The number of non-ortho nitro benzene ring substituents is 1.